The van der Waals surface area contributed by atoms with Crippen LogP contribution >= 0.6 is 45.8 Å². The summed E-state index contributed by atoms with van der Waals surface area (Å²) in [6.07, 6.45) is 1.62. The maximum absolute atomic E-state index is 9.55. The second kappa shape index (κ2) is 12.2. The van der Waals surface area contributed by atoms with Crippen LogP contribution in [0.1, 0.15) is 27.9 Å². The molecule has 0 fully saturated rings. The van der Waals surface area contributed by atoms with Gasteiger partial charge in [0.1, 0.15) is 18.2 Å². The Kier molecular flexibility index (Phi) is 9.36. The van der Waals surface area contributed by atoms with Crippen LogP contribution in [0.3, 0.4) is 0 Å². The van der Waals surface area contributed by atoms with Crippen LogP contribution in [0, 0.1) is 21.8 Å². The van der Waals surface area contributed by atoms with Gasteiger partial charge in [0.2, 0.25) is 0 Å². The summed E-state index contributed by atoms with van der Waals surface area (Å²) in [6, 6.07) is 12.9. The summed E-state index contributed by atoms with van der Waals surface area (Å²) in [7, 11) is 3.15. The fourth-order valence-electron chi connectivity index (χ4n) is 3.13. The lowest BCUT2D eigenvalue weighted by Gasteiger charge is -2.14. The highest BCUT2D eigenvalue weighted by Gasteiger charge is 2.14. The molecule has 0 atom stereocenters. The van der Waals surface area contributed by atoms with E-state index in [4.69, 9.17) is 37.4 Å². The summed E-state index contributed by atoms with van der Waals surface area (Å²) in [4.78, 5) is 4.38. The van der Waals surface area contributed by atoms with Crippen LogP contribution in [0.4, 0.5) is 5.82 Å². The molecule has 2 aromatic carbocycles. The number of hydrogen-bond acceptors (Lipinski definition) is 7. The van der Waals surface area contributed by atoms with Crippen molar-refractivity contribution in [3.8, 4) is 17.6 Å². The molecule has 0 amide bonds. The number of pyridine rings is 1. The fourth-order valence-corrected chi connectivity index (χ4v) is 4.37. The summed E-state index contributed by atoms with van der Waals surface area (Å²) >= 11 is 14.4. The number of nitrogens with zero attached hydrogens (tertiary/aromatic N) is 3. The molecule has 1 aromatic heterocycles. The number of hydrogen-bond donors (Lipinski definition) is 1. The number of methoxy groups -OCH3 is 2. The molecule has 176 valence electrons. The van der Waals surface area contributed by atoms with Crippen LogP contribution in [0.5, 0.6) is 11.5 Å². The molecule has 10 heteroatoms. The van der Waals surface area contributed by atoms with E-state index in [-0.39, 0.29) is 6.61 Å². The van der Waals surface area contributed by atoms with Crippen molar-refractivity contribution in [2.75, 3.05) is 19.6 Å². The zero-order valence-corrected chi connectivity index (χ0v) is 22.3. The molecule has 0 aliphatic heterocycles. The predicted molar refractivity (Wildman–Crippen MR) is 142 cm³/mol. The second-order valence-electron chi connectivity index (χ2n) is 7.12. The van der Waals surface area contributed by atoms with Gasteiger partial charge in [0.25, 0.3) is 0 Å². The van der Waals surface area contributed by atoms with E-state index in [0.29, 0.717) is 39.5 Å². The van der Waals surface area contributed by atoms with Gasteiger partial charge < -0.3 is 14.2 Å². The summed E-state index contributed by atoms with van der Waals surface area (Å²) < 4.78 is 17.5. The molecular formula is C24H21Cl2IN4O3. The lowest BCUT2D eigenvalue weighted by atomic mass is 10.1. The van der Waals surface area contributed by atoms with Crippen LogP contribution < -0.4 is 14.9 Å². The van der Waals surface area contributed by atoms with Gasteiger partial charge in [-0.2, -0.15) is 10.4 Å². The number of hydrazone groups is 1. The first-order valence-corrected chi connectivity index (χ1v) is 11.8. The Labute approximate surface area is 221 Å². The first-order chi connectivity index (χ1) is 16.4. The SMILES string of the molecule is COCc1cc(C)nc(NN=Cc2cc(I)c(OCc3ccc(Cl)cc3Cl)c(OC)c2)c1C#N. The lowest BCUT2D eigenvalue weighted by Crippen LogP contribution is -2.04. The third-order valence-corrected chi connectivity index (χ3v) is 6.05. The molecule has 0 saturated heterocycles. The summed E-state index contributed by atoms with van der Waals surface area (Å²) in [6.45, 7) is 2.41. The number of halogens is 3. The number of benzene rings is 2. The molecule has 3 aromatic rings. The van der Waals surface area contributed by atoms with Gasteiger partial charge in [-0.15, -0.1) is 0 Å². The molecule has 0 saturated carbocycles. The van der Waals surface area contributed by atoms with Crippen LogP contribution in [-0.2, 0) is 18.0 Å². The van der Waals surface area contributed by atoms with Gasteiger partial charge in [0, 0.05) is 34.0 Å². The molecule has 3 rings (SSSR count). The van der Waals surface area contributed by atoms with E-state index in [1.807, 2.05) is 25.1 Å². The molecular weight excluding hydrogens is 590 g/mol. The highest BCUT2D eigenvalue weighted by molar-refractivity contribution is 14.1. The normalized spacial score (nSPS) is 10.9. The molecule has 1 N–H and O–H groups in total. The average molecular weight is 611 g/mol. The fraction of sp³-hybridized carbons (Fsp3) is 0.208. The van der Waals surface area contributed by atoms with Crippen LogP contribution in [-0.4, -0.2) is 25.4 Å². The first kappa shape index (κ1) is 26.0. The standard InChI is InChI=1S/C24H21Cl2IN4O3/c1-14-6-17(12-32-2)19(10-28)24(30-14)31-29-11-15-7-21(27)23(22(8-15)33-3)34-13-16-4-5-18(25)9-20(16)26/h4-9,11H,12-13H2,1-3H3,(H,30,31). The van der Waals surface area contributed by atoms with Crippen molar-refractivity contribution in [2.24, 2.45) is 5.10 Å². The highest BCUT2D eigenvalue weighted by Crippen LogP contribution is 2.35. The second-order valence-corrected chi connectivity index (χ2v) is 9.13. The van der Waals surface area contributed by atoms with Gasteiger partial charge in [-0.05, 0) is 65.4 Å². The van der Waals surface area contributed by atoms with E-state index >= 15 is 0 Å². The molecule has 7 nitrogen and oxygen atoms in total. The number of rotatable bonds is 9. The largest absolute Gasteiger partial charge is 0.493 e. The van der Waals surface area contributed by atoms with E-state index < -0.39 is 0 Å². The summed E-state index contributed by atoms with van der Waals surface area (Å²) in [5, 5.41) is 14.9. The van der Waals surface area contributed by atoms with Crippen molar-refractivity contribution >= 4 is 57.8 Å². The van der Waals surface area contributed by atoms with E-state index in [1.54, 1.807) is 38.6 Å². The van der Waals surface area contributed by atoms with Gasteiger partial charge >= 0.3 is 0 Å². The summed E-state index contributed by atoms with van der Waals surface area (Å²) in [5.41, 5.74) is 6.33. The Balaban J connectivity index is 1.79. The Morgan fingerprint density at radius 3 is 2.62 bits per heavy atom. The van der Waals surface area contributed by atoms with Crippen molar-refractivity contribution in [3.05, 3.63) is 78.0 Å². The average Bonchev–Trinajstić information content (AvgIpc) is 2.79. The van der Waals surface area contributed by atoms with Gasteiger partial charge in [0.05, 0.1) is 23.5 Å². The third kappa shape index (κ3) is 6.51. The molecule has 0 aliphatic rings. The lowest BCUT2D eigenvalue weighted by molar-refractivity contribution is 0.184. The Morgan fingerprint density at radius 1 is 1.15 bits per heavy atom. The summed E-state index contributed by atoms with van der Waals surface area (Å²) in [5.74, 6) is 1.51. The van der Waals surface area contributed by atoms with E-state index in [9.17, 15) is 5.26 Å². The van der Waals surface area contributed by atoms with Gasteiger partial charge in [-0.1, -0.05) is 29.3 Å². The number of anilines is 1. The smallest absolute Gasteiger partial charge is 0.174 e. The maximum atomic E-state index is 9.55. The van der Waals surface area contributed by atoms with Gasteiger partial charge in [-0.25, -0.2) is 4.98 Å². The number of ether oxygens (including phenoxy) is 3. The van der Waals surface area contributed by atoms with Crippen molar-refractivity contribution in [1.82, 2.24) is 4.98 Å². The minimum atomic E-state index is 0.261. The Morgan fingerprint density at radius 2 is 1.94 bits per heavy atom. The van der Waals surface area contributed by atoms with Crippen molar-refractivity contribution in [1.29, 1.82) is 5.26 Å². The zero-order valence-electron chi connectivity index (χ0n) is 18.7. The van der Waals surface area contributed by atoms with E-state index in [1.165, 1.54) is 0 Å². The van der Waals surface area contributed by atoms with E-state index in [2.05, 4.69) is 44.2 Å². The molecule has 1 heterocycles. The first-order valence-electron chi connectivity index (χ1n) is 9.99. The molecule has 0 unspecified atom stereocenters. The Bertz CT molecular complexity index is 1260. The zero-order chi connectivity index (χ0) is 24.7. The van der Waals surface area contributed by atoms with Crippen LogP contribution in [0.15, 0.2) is 41.5 Å². The van der Waals surface area contributed by atoms with Crippen molar-refractivity contribution < 1.29 is 14.2 Å². The number of nitrogens with one attached hydrogen (secondary N) is 1. The quantitative estimate of drug-likeness (QED) is 0.172. The molecule has 34 heavy (non-hydrogen) atoms. The minimum absolute atomic E-state index is 0.261. The van der Waals surface area contributed by atoms with Crippen LogP contribution in [0.2, 0.25) is 10.0 Å². The monoisotopic (exact) mass is 610 g/mol. The topological polar surface area (TPSA) is 88.8 Å². The van der Waals surface area contributed by atoms with Gasteiger partial charge in [-0.3, -0.25) is 5.43 Å². The minimum Gasteiger partial charge on any atom is -0.493 e. The number of nitriles is 1. The van der Waals surface area contributed by atoms with Gasteiger partial charge in [0.15, 0.2) is 17.3 Å². The third-order valence-electron chi connectivity index (χ3n) is 4.66. The molecule has 0 aliphatic carbocycles. The number of aryl methyl sites for hydroxylation is 1. The number of aromatic nitrogens is 1. The van der Waals surface area contributed by atoms with Crippen molar-refractivity contribution in [3.63, 3.8) is 0 Å². The van der Waals surface area contributed by atoms with E-state index in [0.717, 1.165) is 26.0 Å². The van der Waals surface area contributed by atoms with Crippen LogP contribution in [0.25, 0.3) is 0 Å². The molecule has 0 bridgehead atoms. The molecule has 0 spiro atoms. The predicted octanol–water partition coefficient (Wildman–Crippen LogP) is 6.35. The maximum Gasteiger partial charge on any atom is 0.174 e. The Hall–Kier alpha value is -2.58. The van der Waals surface area contributed by atoms with Crippen molar-refractivity contribution in [2.45, 2.75) is 20.1 Å². The molecule has 0 radical (unpaired) electrons. The highest BCUT2D eigenvalue weighted by atomic mass is 127.